The first-order valence-electron chi connectivity index (χ1n) is 0.786. The van der Waals surface area contributed by atoms with Crippen LogP contribution in [0.15, 0.2) is 0 Å². The molecule has 0 aromatic carbocycles. The quantitative estimate of drug-likeness (QED) is 0.368. The number of halogens is 1. The van der Waals surface area contributed by atoms with Crippen molar-refractivity contribution in [2.45, 2.75) is 0 Å². The summed E-state index contributed by atoms with van der Waals surface area (Å²) in [6.07, 6.45) is 0. The molecule has 0 saturated heterocycles. The molecule has 0 saturated carbocycles. The van der Waals surface area contributed by atoms with Crippen LogP contribution in [0.2, 0.25) is 0 Å². The van der Waals surface area contributed by atoms with E-state index in [9.17, 15) is 0 Å². The minimum Gasteiger partial charge on any atom is -1.00 e. The molecule has 0 atom stereocenters. The average Bonchev–Trinajstić information content (AvgIpc) is 1.41. The topological polar surface area (TPSA) is 34.1 Å². The van der Waals surface area contributed by atoms with E-state index >= 15 is 0 Å². The molecule has 0 unspecified atom stereocenters. The van der Waals surface area contributed by atoms with Crippen molar-refractivity contribution in [3.63, 3.8) is 0 Å². The smallest absolute Gasteiger partial charge is 1.00 e. The Hall–Kier alpha value is 0.159. The van der Waals surface area contributed by atoms with Gasteiger partial charge in [0, 0.05) is 0 Å². The molecule has 2 nitrogen and oxygen atoms in total. The normalized spacial score (nSPS) is 3.33. The molecule has 0 heterocycles. The van der Waals surface area contributed by atoms with Crippen molar-refractivity contribution in [2.24, 2.45) is 0 Å². The van der Waals surface area contributed by atoms with Gasteiger partial charge in [0.2, 0.25) is 0 Å². The van der Waals surface area contributed by atoms with Gasteiger partial charge < -0.3 is 17.0 Å². The van der Waals surface area contributed by atoms with E-state index in [0.717, 1.165) is 0 Å². The van der Waals surface area contributed by atoms with Gasteiger partial charge in [-0.25, -0.2) is 0 Å². The summed E-state index contributed by atoms with van der Waals surface area (Å²) in [5.41, 5.74) is 0. The second-order valence-electron chi connectivity index (χ2n) is 0.249. The summed E-state index contributed by atoms with van der Waals surface area (Å²) in [5, 5.41) is 0. The third-order valence-electron chi connectivity index (χ3n) is 0.0772. The van der Waals surface area contributed by atoms with Gasteiger partial charge in [-0.3, -0.25) is 0 Å². The molecule has 0 N–H and O–H groups in total. The Bertz CT molecular complexity index is 104. The minimum atomic E-state index is -0.438. The molecule has 4 heteroatoms. The predicted octanol–water partition coefficient (Wildman–Crippen LogP) is -3.79. The number of hydrogen-bond acceptors (Lipinski definition) is 2. The van der Waals surface area contributed by atoms with Gasteiger partial charge in [0.25, 0.3) is 0 Å². The summed E-state index contributed by atoms with van der Waals surface area (Å²) in [4.78, 5) is 20.8. The predicted molar refractivity (Wildman–Crippen MR) is 11.4 cm³/mol. The molecule has 0 spiro atoms. The Kier molecular flexibility index (Phi) is 14.1. The Morgan fingerprint density at radius 3 is 1.50 bits per heavy atom. The Balaban J connectivity index is 0. The van der Waals surface area contributed by atoms with Gasteiger partial charge in [0.15, 0.2) is 0 Å². The van der Waals surface area contributed by atoms with Crippen molar-refractivity contribution in [3.05, 3.63) is 0 Å². The fourth-order valence-electron chi connectivity index (χ4n) is 0.0157. The third kappa shape index (κ3) is 8.90. The van der Waals surface area contributed by atoms with Crippen molar-refractivity contribution >= 4 is 9.57 Å². The first kappa shape index (κ1) is 9.48. The summed E-state index contributed by atoms with van der Waals surface area (Å²) in [5.74, 6) is 0. The fourth-order valence-corrected chi connectivity index (χ4v) is 0.0649. The van der Waals surface area contributed by atoms with Crippen molar-refractivity contribution in [3.8, 4) is 0 Å². The number of rotatable bonds is 0. The molecule has 0 rings (SSSR count). The van der Waals surface area contributed by atoms with Crippen LogP contribution in [0.25, 0.3) is 0 Å². The summed E-state index contributed by atoms with van der Waals surface area (Å²) in [6.45, 7) is 0. The molecular weight excluding hydrogens is 191 g/mol. The third-order valence-corrected chi connectivity index (χ3v) is 0.318. The average molecular weight is 191 g/mol. The molecule has 0 aromatic rings. The van der Waals surface area contributed by atoms with Gasteiger partial charge in [-0.15, -0.1) is 0 Å². The first-order valence-corrected chi connectivity index (χ1v) is 1.97. The summed E-state index contributed by atoms with van der Waals surface area (Å²) in [6, 6.07) is 0. The largest absolute Gasteiger partial charge is 1.00 e. The van der Waals surface area contributed by atoms with Crippen molar-refractivity contribution in [1.82, 2.24) is 0 Å². The fraction of sp³-hybridized carbons (Fsp3) is 0. The Labute approximate surface area is 50.5 Å². The van der Waals surface area contributed by atoms with E-state index in [0.29, 0.717) is 0 Å². The van der Waals surface area contributed by atoms with Crippen LogP contribution >= 0.6 is 0 Å². The van der Waals surface area contributed by atoms with Crippen LogP contribution in [-0.2, 0) is 23.7 Å². The zero-order chi connectivity index (χ0) is 4.12. The van der Waals surface area contributed by atoms with Crippen molar-refractivity contribution in [1.29, 1.82) is 0 Å². The Morgan fingerprint density at radius 1 is 1.17 bits per heavy atom. The maximum atomic E-state index is 9.03. The zero-order valence-corrected chi connectivity index (χ0v) is 5.34. The molecular formula is C2BrMnO2. The minimum absolute atomic E-state index is 0. The van der Waals surface area contributed by atoms with E-state index in [2.05, 4.69) is 0 Å². The number of hydrogen-bond donors (Lipinski definition) is 0. The molecule has 0 aromatic heterocycles. The van der Waals surface area contributed by atoms with Gasteiger partial charge in [-0.05, 0) is 0 Å². The SMILES string of the molecule is O=[C]=[Mn+]=[C]=O.[Br-]. The van der Waals surface area contributed by atoms with Gasteiger partial charge in [-0.2, -0.15) is 0 Å². The van der Waals surface area contributed by atoms with Gasteiger partial charge in [0.05, 0.1) is 0 Å². The van der Waals surface area contributed by atoms with E-state index in [1.807, 2.05) is 0 Å². The molecule has 0 fully saturated rings. The van der Waals surface area contributed by atoms with Gasteiger partial charge in [-0.1, -0.05) is 0 Å². The molecule has 34 valence electrons. The number of carbonyl (C=O) groups excluding carboxylic acids is 2. The van der Waals surface area contributed by atoms with E-state index in [1.54, 1.807) is 0 Å². The van der Waals surface area contributed by atoms with E-state index in [1.165, 1.54) is 9.57 Å². The summed E-state index contributed by atoms with van der Waals surface area (Å²) >= 11 is -0.438. The first-order chi connectivity index (χ1) is 2.41. The van der Waals surface area contributed by atoms with Crippen LogP contribution in [0.1, 0.15) is 0 Å². The van der Waals surface area contributed by atoms with Crippen LogP contribution in [0.3, 0.4) is 0 Å². The van der Waals surface area contributed by atoms with Crippen LogP contribution in [0.4, 0.5) is 0 Å². The van der Waals surface area contributed by atoms with Crippen molar-refractivity contribution < 1.29 is 40.7 Å². The maximum absolute atomic E-state index is 9.03. The molecule has 0 amide bonds. The van der Waals surface area contributed by atoms with Crippen LogP contribution in [0, 0.1) is 0 Å². The molecule has 0 bridgehead atoms. The van der Waals surface area contributed by atoms with Gasteiger partial charge in [0.1, 0.15) is 0 Å². The van der Waals surface area contributed by atoms with Crippen LogP contribution < -0.4 is 17.0 Å². The van der Waals surface area contributed by atoms with Crippen LogP contribution in [-0.4, -0.2) is 9.57 Å². The summed E-state index contributed by atoms with van der Waals surface area (Å²) < 4.78 is 0. The van der Waals surface area contributed by atoms with E-state index in [4.69, 9.17) is 9.59 Å². The molecule has 0 aliphatic heterocycles. The van der Waals surface area contributed by atoms with E-state index < -0.39 is 14.1 Å². The molecule has 0 aliphatic rings. The Morgan fingerprint density at radius 2 is 1.50 bits per heavy atom. The zero-order valence-electron chi connectivity index (χ0n) is 2.57. The van der Waals surface area contributed by atoms with E-state index in [-0.39, 0.29) is 17.0 Å². The maximum Gasteiger partial charge on any atom is -1.00 e. The molecule has 0 aliphatic carbocycles. The monoisotopic (exact) mass is 190 g/mol. The summed E-state index contributed by atoms with van der Waals surface area (Å²) in [7, 11) is 0. The standard InChI is InChI=1S/2CO.BrH.Mn/c2*1-2;;/h;;1H;/q;;;+1/p-1. The molecule has 6 heavy (non-hydrogen) atoms. The van der Waals surface area contributed by atoms with Gasteiger partial charge >= 0.3 is 33.2 Å². The molecule has 0 radical (unpaired) electrons. The second-order valence-corrected chi connectivity index (χ2v) is 1.03. The second kappa shape index (κ2) is 8.94. The van der Waals surface area contributed by atoms with Crippen LogP contribution in [0.5, 0.6) is 0 Å². The van der Waals surface area contributed by atoms with Crippen molar-refractivity contribution in [2.75, 3.05) is 0 Å².